The first-order valence-corrected chi connectivity index (χ1v) is 10.1. The van der Waals surface area contributed by atoms with E-state index in [9.17, 15) is 4.79 Å². The van der Waals surface area contributed by atoms with E-state index in [1.807, 2.05) is 16.1 Å². The number of aromatic nitrogens is 4. The maximum absolute atomic E-state index is 12.4. The van der Waals surface area contributed by atoms with Gasteiger partial charge in [-0.2, -0.15) is 5.10 Å². The Kier molecular flexibility index (Phi) is 4.92. The number of aryl methyl sites for hydroxylation is 1. The molecule has 1 fully saturated rings. The molecule has 27 heavy (non-hydrogen) atoms. The average Bonchev–Trinajstić information content (AvgIpc) is 3.27. The van der Waals surface area contributed by atoms with Crippen LogP contribution in [-0.2, 0) is 6.54 Å². The number of piperidine rings is 1. The van der Waals surface area contributed by atoms with Crippen LogP contribution in [0, 0.1) is 6.92 Å². The summed E-state index contributed by atoms with van der Waals surface area (Å²) in [5.74, 6) is 0.306. The van der Waals surface area contributed by atoms with Gasteiger partial charge in [-0.25, -0.2) is 14.5 Å². The summed E-state index contributed by atoms with van der Waals surface area (Å²) in [5, 5.41) is 4.49. The molecule has 7 nitrogen and oxygen atoms in total. The molecular weight excluding hydrogens is 360 g/mol. The van der Waals surface area contributed by atoms with Gasteiger partial charge in [-0.1, -0.05) is 0 Å². The maximum Gasteiger partial charge on any atom is 0.258 e. The van der Waals surface area contributed by atoms with Crippen LogP contribution in [0.15, 0.2) is 24.0 Å². The van der Waals surface area contributed by atoms with Crippen LogP contribution < -0.4 is 0 Å². The molecule has 1 aliphatic heterocycles. The Labute approximate surface area is 162 Å². The van der Waals surface area contributed by atoms with Crippen LogP contribution in [0.4, 0.5) is 0 Å². The van der Waals surface area contributed by atoms with Gasteiger partial charge in [0.15, 0.2) is 5.65 Å². The maximum atomic E-state index is 12.4. The van der Waals surface area contributed by atoms with Crippen LogP contribution in [0.3, 0.4) is 0 Å². The van der Waals surface area contributed by atoms with Crippen molar-refractivity contribution in [3.63, 3.8) is 0 Å². The van der Waals surface area contributed by atoms with Crippen molar-refractivity contribution in [1.29, 1.82) is 0 Å². The third-order valence-corrected chi connectivity index (χ3v) is 6.12. The van der Waals surface area contributed by atoms with Gasteiger partial charge in [-0.15, -0.1) is 11.3 Å². The van der Waals surface area contributed by atoms with Crippen LogP contribution in [0.25, 0.3) is 5.65 Å². The van der Waals surface area contributed by atoms with E-state index < -0.39 is 0 Å². The molecular formula is C19H24N6OS. The first-order valence-electron chi connectivity index (χ1n) is 9.20. The number of hydrogen-bond donors (Lipinski definition) is 0. The molecule has 1 saturated heterocycles. The molecule has 0 N–H and O–H groups in total. The second-order valence-corrected chi connectivity index (χ2v) is 8.24. The number of hydrogen-bond acceptors (Lipinski definition) is 6. The third kappa shape index (κ3) is 3.46. The van der Waals surface area contributed by atoms with Crippen molar-refractivity contribution in [2.24, 2.45) is 0 Å². The SMILES string of the molecule is Cc1ncsc1CN1CCC[C@H](c2ccnc3c(C(=O)N(C)C)cnn23)C1. The topological polar surface area (TPSA) is 66.6 Å². The number of thiazole rings is 1. The van der Waals surface area contributed by atoms with Gasteiger partial charge < -0.3 is 4.90 Å². The average molecular weight is 385 g/mol. The molecule has 0 unspecified atom stereocenters. The number of amides is 1. The third-order valence-electron chi connectivity index (χ3n) is 5.20. The van der Waals surface area contributed by atoms with E-state index in [-0.39, 0.29) is 5.91 Å². The van der Waals surface area contributed by atoms with Gasteiger partial charge in [0.05, 0.1) is 23.1 Å². The molecule has 142 valence electrons. The lowest BCUT2D eigenvalue weighted by atomic mass is 9.94. The van der Waals surface area contributed by atoms with E-state index in [0.717, 1.165) is 43.9 Å². The van der Waals surface area contributed by atoms with E-state index in [1.54, 1.807) is 42.7 Å². The van der Waals surface area contributed by atoms with Gasteiger partial charge in [0.1, 0.15) is 5.56 Å². The van der Waals surface area contributed by atoms with E-state index in [4.69, 9.17) is 0 Å². The van der Waals surface area contributed by atoms with Crippen molar-refractivity contribution < 1.29 is 4.79 Å². The summed E-state index contributed by atoms with van der Waals surface area (Å²) in [5.41, 5.74) is 5.37. The lowest BCUT2D eigenvalue weighted by molar-refractivity contribution is 0.0829. The highest BCUT2D eigenvalue weighted by molar-refractivity contribution is 7.09. The summed E-state index contributed by atoms with van der Waals surface area (Å²) in [6, 6.07) is 2.04. The molecule has 0 aliphatic carbocycles. The molecule has 0 spiro atoms. The fraction of sp³-hybridized carbons (Fsp3) is 0.474. The zero-order valence-corrected chi connectivity index (χ0v) is 16.7. The van der Waals surface area contributed by atoms with E-state index in [0.29, 0.717) is 17.1 Å². The Balaban J connectivity index is 1.60. The zero-order valence-electron chi connectivity index (χ0n) is 15.9. The Hall–Kier alpha value is -2.32. The summed E-state index contributed by atoms with van der Waals surface area (Å²) in [6.07, 6.45) is 5.70. The van der Waals surface area contributed by atoms with E-state index >= 15 is 0 Å². The molecule has 8 heteroatoms. The predicted molar refractivity (Wildman–Crippen MR) is 105 cm³/mol. The van der Waals surface area contributed by atoms with Crippen LogP contribution >= 0.6 is 11.3 Å². The molecule has 3 aromatic rings. The van der Waals surface area contributed by atoms with Gasteiger partial charge in [-0.3, -0.25) is 9.69 Å². The highest BCUT2D eigenvalue weighted by atomic mass is 32.1. The van der Waals surface area contributed by atoms with Crippen molar-refractivity contribution in [1.82, 2.24) is 29.4 Å². The standard InChI is InChI=1S/C19H24N6OS/c1-13-17(27-12-21-13)11-24-8-4-5-14(10-24)16-6-7-20-18-15(9-22-25(16)18)19(26)23(2)3/h6-7,9,12,14H,4-5,8,10-11H2,1-3H3/t14-/m0/s1. The van der Waals surface area contributed by atoms with Gasteiger partial charge in [0.2, 0.25) is 0 Å². The second-order valence-electron chi connectivity index (χ2n) is 7.30. The minimum absolute atomic E-state index is 0.0689. The quantitative estimate of drug-likeness (QED) is 0.692. The highest BCUT2D eigenvalue weighted by Gasteiger charge is 2.26. The van der Waals surface area contributed by atoms with Crippen LogP contribution in [0.5, 0.6) is 0 Å². The molecule has 0 aromatic carbocycles. The van der Waals surface area contributed by atoms with Crippen molar-refractivity contribution in [2.45, 2.75) is 32.2 Å². The fourth-order valence-corrected chi connectivity index (χ4v) is 4.55. The summed E-state index contributed by atoms with van der Waals surface area (Å²) >= 11 is 1.73. The largest absolute Gasteiger partial charge is 0.345 e. The van der Waals surface area contributed by atoms with Crippen molar-refractivity contribution in [3.05, 3.63) is 45.8 Å². The molecule has 1 atom stereocenters. The monoisotopic (exact) mass is 384 g/mol. The van der Waals surface area contributed by atoms with Gasteiger partial charge in [-0.05, 0) is 32.4 Å². The fourth-order valence-electron chi connectivity index (χ4n) is 3.73. The van der Waals surface area contributed by atoms with Crippen molar-refractivity contribution >= 4 is 22.9 Å². The van der Waals surface area contributed by atoms with Crippen molar-refractivity contribution in [2.75, 3.05) is 27.2 Å². The first-order chi connectivity index (χ1) is 13.0. The van der Waals surface area contributed by atoms with Crippen molar-refractivity contribution in [3.8, 4) is 0 Å². The predicted octanol–water partition coefficient (Wildman–Crippen LogP) is 2.58. The number of carbonyl (C=O) groups is 1. The lowest BCUT2D eigenvalue weighted by Gasteiger charge is -2.32. The van der Waals surface area contributed by atoms with E-state index in [1.165, 1.54) is 4.88 Å². The summed E-state index contributed by atoms with van der Waals surface area (Å²) in [7, 11) is 3.49. The summed E-state index contributed by atoms with van der Waals surface area (Å²) in [4.78, 5) is 26.6. The Bertz CT molecular complexity index is 962. The Morgan fingerprint density at radius 1 is 1.37 bits per heavy atom. The van der Waals surface area contributed by atoms with Crippen LogP contribution in [0.2, 0.25) is 0 Å². The molecule has 0 radical (unpaired) electrons. The number of fused-ring (bicyclic) bond motifs is 1. The van der Waals surface area contributed by atoms with Gasteiger partial charge in [0, 0.05) is 44.2 Å². The molecule has 0 bridgehead atoms. The molecule has 1 aliphatic rings. The minimum Gasteiger partial charge on any atom is -0.345 e. The number of rotatable bonds is 4. The smallest absolute Gasteiger partial charge is 0.258 e. The lowest BCUT2D eigenvalue weighted by Crippen LogP contribution is -2.34. The highest BCUT2D eigenvalue weighted by Crippen LogP contribution is 2.29. The Morgan fingerprint density at radius 2 is 2.22 bits per heavy atom. The molecule has 3 aromatic heterocycles. The van der Waals surface area contributed by atoms with Crippen LogP contribution in [0.1, 0.15) is 45.4 Å². The van der Waals surface area contributed by atoms with E-state index in [2.05, 4.69) is 26.9 Å². The van der Waals surface area contributed by atoms with Gasteiger partial charge in [0.25, 0.3) is 5.91 Å². The number of carbonyl (C=O) groups excluding carboxylic acids is 1. The normalized spacial score (nSPS) is 18.1. The minimum atomic E-state index is -0.0689. The van der Waals surface area contributed by atoms with Gasteiger partial charge >= 0.3 is 0 Å². The first kappa shape index (κ1) is 18.1. The molecule has 0 saturated carbocycles. The number of nitrogens with zero attached hydrogens (tertiary/aromatic N) is 6. The molecule has 4 rings (SSSR count). The number of likely N-dealkylation sites (tertiary alicyclic amines) is 1. The molecule has 1 amide bonds. The summed E-state index contributed by atoms with van der Waals surface area (Å²) in [6.45, 7) is 5.11. The van der Waals surface area contributed by atoms with Crippen LogP contribution in [-0.4, -0.2) is 62.5 Å². The summed E-state index contributed by atoms with van der Waals surface area (Å²) < 4.78 is 1.85. The zero-order chi connectivity index (χ0) is 19.0. The molecule has 4 heterocycles. The second kappa shape index (κ2) is 7.36. The Morgan fingerprint density at radius 3 is 2.96 bits per heavy atom.